The topological polar surface area (TPSA) is 74.4 Å². The van der Waals surface area contributed by atoms with Crippen molar-refractivity contribution in [3.8, 4) is 5.75 Å². The lowest BCUT2D eigenvalue weighted by Gasteiger charge is -2.25. The van der Waals surface area contributed by atoms with Gasteiger partial charge in [-0.1, -0.05) is 12.1 Å². The first kappa shape index (κ1) is 17.1. The molecular weight excluding hydrogens is 342 g/mol. The molecule has 2 atom stereocenters. The third-order valence-electron chi connectivity index (χ3n) is 5.18. The van der Waals surface area contributed by atoms with E-state index in [1.54, 1.807) is 19.1 Å². The number of H-pyrrole nitrogens is 1. The predicted molar refractivity (Wildman–Crippen MR) is 104 cm³/mol. The number of carbonyl (C=O) groups excluding carboxylic acids is 2. The van der Waals surface area contributed by atoms with Gasteiger partial charge in [-0.3, -0.25) is 9.59 Å². The summed E-state index contributed by atoms with van der Waals surface area (Å²) in [6, 6.07) is 14.9. The highest BCUT2D eigenvalue weighted by Crippen LogP contribution is 2.38. The SMILES string of the molecule is COc1cccc([C@H]2[C@@H](C(=O)Nc3ccc4[nH]ccc4c3)CC(=O)N2C)c1. The van der Waals surface area contributed by atoms with E-state index in [-0.39, 0.29) is 24.3 Å². The average molecular weight is 363 g/mol. The fraction of sp³-hybridized carbons (Fsp3) is 0.238. The Balaban J connectivity index is 1.61. The van der Waals surface area contributed by atoms with Crippen molar-refractivity contribution in [2.24, 2.45) is 5.92 Å². The fourth-order valence-electron chi connectivity index (χ4n) is 3.75. The monoisotopic (exact) mass is 363 g/mol. The van der Waals surface area contributed by atoms with Gasteiger partial charge in [0.05, 0.1) is 19.1 Å². The Kier molecular flexibility index (Phi) is 4.32. The van der Waals surface area contributed by atoms with Crippen LogP contribution in [0.1, 0.15) is 18.0 Å². The van der Waals surface area contributed by atoms with Crippen LogP contribution < -0.4 is 10.1 Å². The lowest BCUT2D eigenvalue weighted by Crippen LogP contribution is -2.30. The van der Waals surface area contributed by atoms with Gasteiger partial charge in [0, 0.05) is 36.3 Å². The van der Waals surface area contributed by atoms with E-state index in [1.807, 2.05) is 54.7 Å². The number of nitrogens with zero attached hydrogens (tertiary/aromatic N) is 1. The number of likely N-dealkylation sites (tertiary alicyclic amines) is 1. The molecule has 0 saturated carbocycles. The van der Waals surface area contributed by atoms with E-state index in [0.717, 1.165) is 22.2 Å². The minimum absolute atomic E-state index is 0.0379. The number of hydrogen-bond acceptors (Lipinski definition) is 3. The van der Waals surface area contributed by atoms with Crippen LogP contribution in [0.2, 0.25) is 0 Å². The largest absolute Gasteiger partial charge is 0.497 e. The molecule has 1 saturated heterocycles. The van der Waals surface area contributed by atoms with Gasteiger partial charge in [0.2, 0.25) is 11.8 Å². The Hall–Kier alpha value is -3.28. The summed E-state index contributed by atoms with van der Waals surface area (Å²) < 4.78 is 5.29. The van der Waals surface area contributed by atoms with Crippen LogP contribution in [0.25, 0.3) is 10.9 Å². The van der Waals surface area contributed by atoms with Crippen LogP contribution in [0, 0.1) is 5.92 Å². The molecule has 138 valence electrons. The zero-order valence-electron chi connectivity index (χ0n) is 15.2. The minimum Gasteiger partial charge on any atom is -0.497 e. The molecule has 1 aromatic heterocycles. The van der Waals surface area contributed by atoms with Gasteiger partial charge in [0.15, 0.2) is 0 Å². The Morgan fingerprint density at radius 3 is 2.89 bits per heavy atom. The molecule has 0 spiro atoms. The van der Waals surface area contributed by atoms with Gasteiger partial charge in [-0.2, -0.15) is 0 Å². The zero-order valence-corrected chi connectivity index (χ0v) is 15.2. The quantitative estimate of drug-likeness (QED) is 0.747. The second-order valence-corrected chi connectivity index (χ2v) is 6.81. The van der Waals surface area contributed by atoms with Crippen LogP contribution in [-0.2, 0) is 9.59 Å². The smallest absolute Gasteiger partial charge is 0.230 e. The summed E-state index contributed by atoms with van der Waals surface area (Å²) >= 11 is 0. The molecule has 0 aliphatic carbocycles. The Morgan fingerprint density at radius 1 is 1.22 bits per heavy atom. The van der Waals surface area contributed by atoms with E-state index in [1.165, 1.54) is 0 Å². The number of anilines is 1. The van der Waals surface area contributed by atoms with Crippen LogP contribution in [0.5, 0.6) is 5.75 Å². The molecule has 0 unspecified atom stereocenters. The van der Waals surface area contributed by atoms with Gasteiger partial charge in [-0.15, -0.1) is 0 Å². The first-order valence-electron chi connectivity index (χ1n) is 8.84. The predicted octanol–water partition coefficient (Wildman–Crippen LogP) is 3.33. The summed E-state index contributed by atoms with van der Waals surface area (Å²) in [5.74, 6) is 0.0494. The molecule has 2 aromatic carbocycles. The van der Waals surface area contributed by atoms with Gasteiger partial charge in [-0.05, 0) is 42.0 Å². The number of fused-ring (bicyclic) bond motifs is 1. The number of carbonyl (C=O) groups is 2. The highest BCUT2D eigenvalue weighted by Gasteiger charge is 2.42. The Labute approximate surface area is 157 Å². The van der Waals surface area contributed by atoms with Crippen molar-refractivity contribution in [2.75, 3.05) is 19.5 Å². The van der Waals surface area contributed by atoms with Crippen molar-refractivity contribution in [3.05, 3.63) is 60.3 Å². The van der Waals surface area contributed by atoms with Gasteiger partial charge in [0.1, 0.15) is 5.75 Å². The highest BCUT2D eigenvalue weighted by atomic mass is 16.5. The number of rotatable bonds is 4. The van der Waals surface area contributed by atoms with E-state index in [0.29, 0.717) is 5.75 Å². The van der Waals surface area contributed by atoms with Crippen LogP contribution in [-0.4, -0.2) is 35.9 Å². The lowest BCUT2D eigenvalue weighted by molar-refractivity contribution is -0.127. The van der Waals surface area contributed by atoms with Gasteiger partial charge < -0.3 is 19.9 Å². The van der Waals surface area contributed by atoms with E-state index in [4.69, 9.17) is 4.74 Å². The molecule has 4 rings (SSSR count). The molecular formula is C21H21N3O3. The first-order valence-corrected chi connectivity index (χ1v) is 8.84. The van der Waals surface area contributed by atoms with E-state index < -0.39 is 5.92 Å². The van der Waals surface area contributed by atoms with Gasteiger partial charge in [-0.25, -0.2) is 0 Å². The van der Waals surface area contributed by atoms with Crippen molar-refractivity contribution in [3.63, 3.8) is 0 Å². The molecule has 2 heterocycles. The summed E-state index contributed by atoms with van der Waals surface area (Å²) in [6.45, 7) is 0. The molecule has 1 aliphatic rings. The third-order valence-corrected chi connectivity index (χ3v) is 5.18. The summed E-state index contributed by atoms with van der Waals surface area (Å²) in [5.41, 5.74) is 2.63. The van der Waals surface area contributed by atoms with E-state index >= 15 is 0 Å². The fourth-order valence-corrected chi connectivity index (χ4v) is 3.75. The number of aromatic nitrogens is 1. The second-order valence-electron chi connectivity index (χ2n) is 6.81. The number of amides is 2. The van der Waals surface area contributed by atoms with Crippen molar-refractivity contribution in [1.29, 1.82) is 0 Å². The zero-order chi connectivity index (χ0) is 19.0. The molecule has 6 nitrogen and oxygen atoms in total. The molecule has 1 aliphatic heterocycles. The molecule has 6 heteroatoms. The second kappa shape index (κ2) is 6.79. The lowest BCUT2D eigenvalue weighted by atomic mass is 9.92. The van der Waals surface area contributed by atoms with Crippen molar-refractivity contribution < 1.29 is 14.3 Å². The normalized spacial score (nSPS) is 19.5. The Morgan fingerprint density at radius 2 is 2.07 bits per heavy atom. The standard InChI is InChI=1S/C21H21N3O3/c1-24-19(25)12-17(20(24)14-4-3-5-16(11-14)27-2)21(26)23-15-6-7-18-13(10-15)8-9-22-18/h3-11,17,20,22H,12H2,1-2H3,(H,23,26)/t17-,20-/m0/s1. The summed E-state index contributed by atoms with van der Waals surface area (Å²) in [6.07, 6.45) is 2.05. The molecule has 0 radical (unpaired) electrons. The molecule has 2 amide bonds. The number of hydrogen-bond donors (Lipinski definition) is 2. The molecule has 27 heavy (non-hydrogen) atoms. The molecule has 2 N–H and O–H groups in total. The van der Waals surface area contributed by atoms with Crippen LogP contribution >= 0.6 is 0 Å². The average Bonchev–Trinajstić information content (AvgIpc) is 3.26. The van der Waals surface area contributed by atoms with Crippen LogP contribution in [0.4, 0.5) is 5.69 Å². The molecule has 0 bridgehead atoms. The van der Waals surface area contributed by atoms with Crippen molar-refractivity contribution in [2.45, 2.75) is 12.5 Å². The van der Waals surface area contributed by atoms with Crippen molar-refractivity contribution >= 4 is 28.4 Å². The first-order chi connectivity index (χ1) is 13.1. The van der Waals surface area contributed by atoms with Gasteiger partial charge >= 0.3 is 0 Å². The number of nitrogens with one attached hydrogen (secondary N) is 2. The Bertz CT molecular complexity index is 1010. The number of benzene rings is 2. The summed E-state index contributed by atoms with van der Waals surface area (Å²) in [4.78, 5) is 30.1. The number of methoxy groups -OCH3 is 1. The highest BCUT2D eigenvalue weighted by molar-refractivity contribution is 5.99. The maximum Gasteiger partial charge on any atom is 0.230 e. The van der Waals surface area contributed by atoms with Crippen molar-refractivity contribution in [1.82, 2.24) is 9.88 Å². The van der Waals surface area contributed by atoms with Gasteiger partial charge in [0.25, 0.3) is 0 Å². The summed E-state index contributed by atoms with van der Waals surface area (Å²) in [5, 5.41) is 4.00. The van der Waals surface area contributed by atoms with Crippen LogP contribution in [0.3, 0.4) is 0 Å². The maximum atomic E-state index is 13.0. The molecule has 3 aromatic rings. The summed E-state index contributed by atoms with van der Waals surface area (Å²) in [7, 11) is 3.34. The number of ether oxygens (including phenoxy) is 1. The molecule has 1 fully saturated rings. The maximum absolute atomic E-state index is 13.0. The number of aromatic amines is 1. The van der Waals surface area contributed by atoms with Crippen LogP contribution in [0.15, 0.2) is 54.7 Å². The van der Waals surface area contributed by atoms with E-state index in [2.05, 4.69) is 10.3 Å². The van der Waals surface area contributed by atoms with E-state index in [9.17, 15) is 9.59 Å². The third kappa shape index (κ3) is 3.14. The minimum atomic E-state index is -0.462.